The van der Waals surface area contributed by atoms with Gasteiger partial charge in [0.05, 0.1) is 29.1 Å². The van der Waals surface area contributed by atoms with Crippen LogP contribution in [0.1, 0.15) is 30.4 Å². The fourth-order valence-electron chi connectivity index (χ4n) is 3.41. The molecule has 3 aromatic heterocycles. The molecule has 4 rings (SSSR count). The standard InChI is InChI=1S/C22H23ClN6O2S/c1-4-17(21(30)25-11-15-6-5-9-31-15)32-22-26-20-18(13(3)27-28-20)19(24)29(22)16-10-14(23)8-7-12(16)2/h5-10,17,24H,4,11H2,1-3H3,(H,25,30)(H,27,28)/t17-/m0/s1. The molecule has 0 saturated carbocycles. The highest BCUT2D eigenvalue weighted by Crippen LogP contribution is 2.29. The molecule has 32 heavy (non-hydrogen) atoms. The lowest BCUT2D eigenvalue weighted by Gasteiger charge is -2.19. The Hall–Kier alpha value is -3.04. The normalized spacial score (nSPS) is 12.2. The molecule has 3 N–H and O–H groups in total. The van der Waals surface area contributed by atoms with Crippen LogP contribution in [0, 0.1) is 19.3 Å². The monoisotopic (exact) mass is 470 g/mol. The van der Waals surface area contributed by atoms with E-state index in [-0.39, 0.29) is 11.4 Å². The summed E-state index contributed by atoms with van der Waals surface area (Å²) in [5, 5.41) is 20.2. The van der Waals surface area contributed by atoms with Gasteiger partial charge in [-0.15, -0.1) is 0 Å². The van der Waals surface area contributed by atoms with Crippen LogP contribution in [-0.2, 0) is 11.3 Å². The zero-order valence-corrected chi connectivity index (χ0v) is 19.5. The van der Waals surface area contributed by atoms with Crippen molar-refractivity contribution in [2.24, 2.45) is 0 Å². The highest BCUT2D eigenvalue weighted by Gasteiger charge is 2.23. The van der Waals surface area contributed by atoms with Crippen molar-refractivity contribution in [3.63, 3.8) is 0 Å². The Labute approximate surface area is 193 Å². The summed E-state index contributed by atoms with van der Waals surface area (Å²) in [6.45, 7) is 6.06. The molecule has 0 bridgehead atoms. The molecule has 0 radical (unpaired) electrons. The van der Waals surface area contributed by atoms with Crippen LogP contribution in [0.3, 0.4) is 0 Å². The van der Waals surface area contributed by atoms with Crippen LogP contribution in [0.15, 0.2) is 46.2 Å². The minimum atomic E-state index is -0.417. The van der Waals surface area contributed by atoms with Gasteiger partial charge in [-0.05, 0) is 50.1 Å². The first-order valence-electron chi connectivity index (χ1n) is 10.1. The number of carbonyl (C=O) groups is 1. The molecule has 0 unspecified atom stereocenters. The SMILES string of the molecule is CC[C@H](Sc1nc2n[nH]c(C)c2c(=N)n1-c1cc(Cl)ccc1C)C(=O)NCc1ccco1. The van der Waals surface area contributed by atoms with Gasteiger partial charge in [-0.25, -0.2) is 4.98 Å². The minimum absolute atomic E-state index is 0.130. The van der Waals surface area contributed by atoms with Crippen molar-refractivity contribution >= 4 is 40.3 Å². The number of aryl methyl sites for hydroxylation is 2. The third-order valence-electron chi connectivity index (χ3n) is 5.12. The average Bonchev–Trinajstić information content (AvgIpc) is 3.42. The number of nitrogens with zero attached hydrogens (tertiary/aromatic N) is 3. The highest BCUT2D eigenvalue weighted by atomic mass is 35.5. The van der Waals surface area contributed by atoms with E-state index in [1.807, 2.05) is 39.0 Å². The lowest BCUT2D eigenvalue weighted by atomic mass is 10.2. The first-order chi connectivity index (χ1) is 15.4. The lowest BCUT2D eigenvalue weighted by Crippen LogP contribution is -2.33. The van der Waals surface area contributed by atoms with Gasteiger partial charge in [-0.1, -0.05) is 36.4 Å². The molecule has 0 spiro atoms. The molecule has 166 valence electrons. The quantitative estimate of drug-likeness (QED) is 0.275. The van der Waals surface area contributed by atoms with Gasteiger partial charge in [0.1, 0.15) is 11.2 Å². The number of fused-ring (bicyclic) bond motifs is 1. The number of carbonyl (C=O) groups excluding carboxylic acids is 1. The molecule has 0 saturated heterocycles. The summed E-state index contributed by atoms with van der Waals surface area (Å²) in [4.78, 5) is 17.6. The number of aromatic nitrogens is 4. The van der Waals surface area contributed by atoms with E-state index in [9.17, 15) is 4.79 Å². The van der Waals surface area contributed by atoms with Crippen molar-refractivity contribution in [1.29, 1.82) is 5.41 Å². The van der Waals surface area contributed by atoms with Crippen molar-refractivity contribution in [3.05, 3.63) is 64.1 Å². The topological polar surface area (TPSA) is 113 Å². The van der Waals surface area contributed by atoms with Gasteiger partial charge in [-0.2, -0.15) is 5.10 Å². The summed E-state index contributed by atoms with van der Waals surface area (Å²) >= 11 is 7.58. The van der Waals surface area contributed by atoms with Crippen LogP contribution in [0.5, 0.6) is 0 Å². The third kappa shape index (κ3) is 4.31. The summed E-state index contributed by atoms with van der Waals surface area (Å²) in [6.07, 6.45) is 2.15. The van der Waals surface area contributed by atoms with Gasteiger partial charge in [-0.3, -0.25) is 19.9 Å². The molecule has 0 aliphatic carbocycles. The van der Waals surface area contributed by atoms with E-state index in [1.165, 1.54) is 11.8 Å². The Morgan fingerprint density at radius 3 is 2.91 bits per heavy atom. The Morgan fingerprint density at radius 1 is 1.38 bits per heavy atom. The second-order valence-electron chi connectivity index (χ2n) is 7.37. The highest BCUT2D eigenvalue weighted by molar-refractivity contribution is 8.00. The van der Waals surface area contributed by atoms with Crippen molar-refractivity contribution < 1.29 is 9.21 Å². The molecular weight excluding hydrogens is 448 g/mol. The van der Waals surface area contributed by atoms with E-state index in [1.54, 1.807) is 23.0 Å². The maximum Gasteiger partial charge on any atom is 0.233 e. The Morgan fingerprint density at radius 2 is 2.19 bits per heavy atom. The van der Waals surface area contributed by atoms with Gasteiger partial charge in [0.25, 0.3) is 0 Å². The maximum atomic E-state index is 12.9. The summed E-state index contributed by atoms with van der Waals surface area (Å²) in [5.74, 6) is 0.553. The summed E-state index contributed by atoms with van der Waals surface area (Å²) in [7, 11) is 0. The second kappa shape index (κ2) is 9.22. The van der Waals surface area contributed by atoms with Crippen molar-refractivity contribution in [3.8, 4) is 5.69 Å². The van der Waals surface area contributed by atoms with Crippen molar-refractivity contribution in [2.75, 3.05) is 0 Å². The van der Waals surface area contributed by atoms with E-state index < -0.39 is 5.25 Å². The maximum absolute atomic E-state index is 12.9. The molecule has 8 nitrogen and oxygen atoms in total. The van der Waals surface area contributed by atoms with E-state index >= 15 is 0 Å². The molecule has 10 heteroatoms. The number of furan rings is 1. The first-order valence-corrected chi connectivity index (χ1v) is 11.4. The Bertz CT molecular complexity index is 1330. The molecule has 0 aliphatic rings. The molecule has 0 fully saturated rings. The number of rotatable bonds is 7. The molecule has 1 aromatic carbocycles. The number of benzene rings is 1. The van der Waals surface area contributed by atoms with Crippen LogP contribution in [0.25, 0.3) is 16.7 Å². The number of aromatic amines is 1. The molecule has 1 atom stereocenters. The molecule has 4 aromatic rings. The van der Waals surface area contributed by atoms with Crippen molar-refractivity contribution in [2.45, 2.75) is 44.1 Å². The number of hydrogen-bond donors (Lipinski definition) is 3. The van der Waals surface area contributed by atoms with E-state index in [2.05, 4.69) is 15.5 Å². The fraction of sp³-hybridized carbons (Fsp3) is 0.273. The van der Waals surface area contributed by atoms with Crippen LogP contribution in [-0.4, -0.2) is 30.9 Å². The zero-order chi connectivity index (χ0) is 22.8. The molecule has 3 heterocycles. The van der Waals surface area contributed by atoms with Gasteiger partial charge in [0, 0.05) is 10.7 Å². The first kappa shape index (κ1) is 22.2. The van der Waals surface area contributed by atoms with Gasteiger partial charge in [0.2, 0.25) is 5.91 Å². The second-order valence-corrected chi connectivity index (χ2v) is 8.97. The summed E-state index contributed by atoms with van der Waals surface area (Å²) in [5.41, 5.74) is 3.11. The zero-order valence-electron chi connectivity index (χ0n) is 17.9. The number of nitrogens with one attached hydrogen (secondary N) is 3. The molecule has 0 aliphatic heterocycles. The predicted molar refractivity (Wildman–Crippen MR) is 124 cm³/mol. The number of amides is 1. The van der Waals surface area contributed by atoms with E-state index in [0.29, 0.717) is 39.9 Å². The Kier molecular flexibility index (Phi) is 6.38. The van der Waals surface area contributed by atoms with Crippen molar-refractivity contribution in [1.82, 2.24) is 25.1 Å². The number of H-pyrrole nitrogens is 1. The van der Waals surface area contributed by atoms with Crippen LogP contribution >= 0.6 is 23.4 Å². The van der Waals surface area contributed by atoms with Gasteiger partial charge < -0.3 is 9.73 Å². The average molecular weight is 471 g/mol. The number of thioether (sulfide) groups is 1. The molecule has 1 amide bonds. The van der Waals surface area contributed by atoms with Gasteiger partial charge in [0.15, 0.2) is 10.8 Å². The largest absolute Gasteiger partial charge is 0.467 e. The minimum Gasteiger partial charge on any atom is -0.467 e. The lowest BCUT2D eigenvalue weighted by molar-refractivity contribution is -0.120. The predicted octanol–water partition coefficient (Wildman–Crippen LogP) is 4.28. The Balaban J connectivity index is 1.76. The van der Waals surface area contributed by atoms with Crippen LogP contribution < -0.4 is 10.8 Å². The smallest absolute Gasteiger partial charge is 0.233 e. The third-order valence-corrected chi connectivity index (χ3v) is 6.67. The molecular formula is C22H23ClN6O2S. The van der Waals surface area contributed by atoms with Crippen LogP contribution in [0.4, 0.5) is 0 Å². The number of halogens is 1. The van der Waals surface area contributed by atoms with Crippen LogP contribution in [0.2, 0.25) is 5.02 Å². The summed E-state index contributed by atoms with van der Waals surface area (Å²) < 4.78 is 7.03. The summed E-state index contributed by atoms with van der Waals surface area (Å²) in [6, 6.07) is 9.11. The van der Waals surface area contributed by atoms with Gasteiger partial charge >= 0.3 is 0 Å². The van der Waals surface area contributed by atoms with E-state index in [4.69, 9.17) is 26.4 Å². The fourth-order valence-corrected chi connectivity index (χ4v) is 4.62. The number of hydrogen-bond acceptors (Lipinski definition) is 6. The van der Waals surface area contributed by atoms with E-state index in [0.717, 1.165) is 16.9 Å².